The Bertz CT molecular complexity index is 536. The quantitative estimate of drug-likeness (QED) is 0.655. The third kappa shape index (κ3) is 2.96. The largest absolute Gasteiger partial charge is 0.321 e. The number of rotatable bonds is 3. The van der Waals surface area contributed by atoms with Crippen molar-refractivity contribution in [1.82, 2.24) is 5.32 Å². The lowest BCUT2D eigenvalue weighted by atomic mass is 9.75. The van der Waals surface area contributed by atoms with Crippen molar-refractivity contribution in [2.24, 2.45) is 0 Å². The van der Waals surface area contributed by atoms with E-state index in [2.05, 4.69) is 17.6 Å². The van der Waals surface area contributed by atoms with E-state index >= 15 is 0 Å². The van der Waals surface area contributed by atoms with Crippen LogP contribution in [0.3, 0.4) is 0 Å². The minimum atomic E-state index is -0.445. The standard InChI is InChI=1S/C14H19N3O3/c1-10(18)16-12-4-3-11(9-13(12)17(19)20)14(2)5-7-15-8-6-14/h3-4,9,15H,5-8H2,1-2H3,(H,16,18). The topological polar surface area (TPSA) is 84.3 Å². The van der Waals surface area contributed by atoms with E-state index in [1.807, 2.05) is 6.07 Å². The van der Waals surface area contributed by atoms with Crippen LogP contribution in [0, 0.1) is 10.1 Å². The van der Waals surface area contributed by atoms with Gasteiger partial charge in [0.1, 0.15) is 5.69 Å². The van der Waals surface area contributed by atoms with Gasteiger partial charge < -0.3 is 10.6 Å². The molecule has 0 saturated carbocycles. The molecule has 1 aromatic rings. The Morgan fingerprint density at radius 1 is 1.40 bits per heavy atom. The Morgan fingerprint density at radius 3 is 2.60 bits per heavy atom. The Balaban J connectivity index is 2.39. The fourth-order valence-electron chi connectivity index (χ4n) is 2.62. The predicted octanol–water partition coefficient (Wildman–Crippen LogP) is 2.19. The van der Waals surface area contributed by atoms with E-state index in [0.717, 1.165) is 31.5 Å². The van der Waals surface area contributed by atoms with Gasteiger partial charge in [0.2, 0.25) is 5.91 Å². The van der Waals surface area contributed by atoms with E-state index < -0.39 is 4.92 Å². The summed E-state index contributed by atoms with van der Waals surface area (Å²) >= 11 is 0. The van der Waals surface area contributed by atoms with E-state index in [1.54, 1.807) is 12.1 Å². The molecule has 1 aromatic carbocycles. The van der Waals surface area contributed by atoms with Gasteiger partial charge in [0.05, 0.1) is 4.92 Å². The molecule has 6 heteroatoms. The van der Waals surface area contributed by atoms with Gasteiger partial charge in [-0.05, 0) is 43.0 Å². The SMILES string of the molecule is CC(=O)Nc1ccc(C2(C)CCNCC2)cc1[N+](=O)[O-]. The summed E-state index contributed by atoms with van der Waals surface area (Å²) in [5.74, 6) is -0.311. The van der Waals surface area contributed by atoms with Gasteiger partial charge in [0, 0.05) is 13.0 Å². The molecule has 1 fully saturated rings. The van der Waals surface area contributed by atoms with E-state index in [1.165, 1.54) is 6.92 Å². The number of nitro benzene ring substituents is 1. The van der Waals surface area contributed by atoms with Crippen LogP contribution in [0.25, 0.3) is 0 Å². The molecular weight excluding hydrogens is 258 g/mol. The molecule has 1 aliphatic heterocycles. The van der Waals surface area contributed by atoms with Gasteiger partial charge >= 0.3 is 0 Å². The summed E-state index contributed by atoms with van der Waals surface area (Å²) in [6.07, 6.45) is 1.90. The lowest BCUT2D eigenvalue weighted by molar-refractivity contribution is -0.384. The van der Waals surface area contributed by atoms with Crippen LogP contribution in [0.1, 0.15) is 32.3 Å². The van der Waals surface area contributed by atoms with E-state index in [4.69, 9.17) is 0 Å². The number of carbonyl (C=O) groups is 1. The summed E-state index contributed by atoms with van der Waals surface area (Å²) in [6.45, 7) is 5.30. The second kappa shape index (κ2) is 5.58. The van der Waals surface area contributed by atoms with E-state index in [9.17, 15) is 14.9 Å². The van der Waals surface area contributed by atoms with Crippen molar-refractivity contribution in [3.63, 3.8) is 0 Å². The average molecular weight is 277 g/mol. The number of nitro groups is 1. The summed E-state index contributed by atoms with van der Waals surface area (Å²) < 4.78 is 0. The molecule has 2 rings (SSSR count). The van der Waals surface area contributed by atoms with Gasteiger partial charge in [-0.15, -0.1) is 0 Å². The molecule has 0 radical (unpaired) electrons. The van der Waals surface area contributed by atoms with Crippen LogP contribution in [0.15, 0.2) is 18.2 Å². The van der Waals surface area contributed by atoms with Crippen molar-refractivity contribution in [2.45, 2.75) is 32.1 Å². The second-order valence-corrected chi connectivity index (χ2v) is 5.48. The summed E-state index contributed by atoms with van der Waals surface area (Å²) in [4.78, 5) is 21.8. The number of hydrogen-bond acceptors (Lipinski definition) is 4. The van der Waals surface area contributed by atoms with Gasteiger partial charge in [-0.1, -0.05) is 13.0 Å². The van der Waals surface area contributed by atoms with Crippen molar-refractivity contribution < 1.29 is 9.72 Å². The lowest BCUT2D eigenvalue weighted by Crippen LogP contribution is -2.37. The highest BCUT2D eigenvalue weighted by Gasteiger charge is 2.30. The molecule has 0 unspecified atom stereocenters. The Labute approximate surface area is 117 Å². The first kappa shape index (κ1) is 14.5. The molecule has 0 atom stereocenters. The minimum absolute atomic E-state index is 0.0440. The van der Waals surface area contributed by atoms with Crippen molar-refractivity contribution in [1.29, 1.82) is 0 Å². The fourth-order valence-corrected chi connectivity index (χ4v) is 2.62. The maximum Gasteiger partial charge on any atom is 0.293 e. The van der Waals surface area contributed by atoms with Gasteiger partial charge in [-0.25, -0.2) is 0 Å². The zero-order chi connectivity index (χ0) is 14.8. The first-order valence-corrected chi connectivity index (χ1v) is 6.70. The third-order valence-corrected chi connectivity index (χ3v) is 3.91. The number of carbonyl (C=O) groups excluding carboxylic acids is 1. The van der Waals surface area contributed by atoms with Crippen LogP contribution in [-0.2, 0) is 10.2 Å². The molecule has 20 heavy (non-hydrogen) atoms. The fraction of sp³-hybridized carbons (Fsp3) is 0.500. The van der Waals surface area contributed by atoms with Gasteiger partial charge in [-0.2, -0.15) is 0 Å². The highest BCUT2D eigenvalue weighted by atomic mass is 16.6. The first-order chi connectivity index (χ1) is 9.42. The number of benzene rings is 1. The molecule has 1 aliphatic rings. The molecule has 6 nitrogen and oxygen atoms in total. The van der Waals surface area contributed by atoms with Crippen molar-refractivity contribution in [2.75, 3.05) is 18.4 Å². The number of nitrogens with one attached hydrogen (secondary N) is 2. The minimum Gasteiger partial charge on any atom is -0.321 e. The van der Waals surface area contributed by atoms with Gasteiger partial charge in [0.15, 0.2) is 0 Å². The average Bonchev–Trinajstić information content (AvgIpc) is 2.39. The van der Waals surface area contributed by atoms with E-state index in [0.29, 0.717) is 0 Å². The van der Waals surface area contributed by atoms with Crippen LogP contribution in [0.4, 0.5) is 11.4 Å². The summed E-state index contributed by atoms with van der Waals surface area (Å²) in [6, 6.07) is 5.10. The number of hydrogen-bond donors (Lipinski definition) is 2. The highest BCUT2D eigenvalue weighted by Crippen LogP contribution is 2.37. The van der Waals surface area contributed by atoms with Gasteiger partial charge in [-0.3, -0.25) is 14.9 Å². The summed E-state index contributed by atoms with van der Waals surface area (Å²) in [5, 5.41) is 17.0. The summed E-state index contributed by atoms with van der Waals surface area (Å²) in [7, 11) is 0. The molecule has 2 N–H and O–H groups in total. The molecule has 1 heterocycles. The van der Waals surface area contributed by atoms with Crippen LogP contribution >= 0.6 is 0 Å². The molecule has 0 spiro atoms. The van der Waals surface area contributed by atoms with Crippen LogP contribution in [0.5, 0.6) is 0 Å². The van der Waals surface area contributed by atoms with E-state index in [-0.39, 0.29) is 22.7 Å². The van der Waals surface area contributed by atoms with Crippen LogP contribution in [0.2, 0.25) is 0 Å². The van der Waals surface area contributed by atoms with Crippen molar-refractivity contribution in [3.8, 4) is 0 Å². The zero-order valence-electron chi connectivity index (χ0n) is 11.7. The summed E-state index contributed by atoms with van der Waals surface area (Å²) in [5.41, 5.74) is 1.12. The smallest absolute Gasteiger partial charge is 0.293 e. The Hall–Kier alpha value is -1.95. The molecule has 1 saturated heterocycles. The number of amides is 1. The number of nitrogens with zero attached hydrogens (tertiary/aromatic N) is 1. The predicted molar refractivity (Wildman–Crippen MR) is 76.9 cm³/mol. The Morgan fingerprint density at radius 2 is 2.05 bits per heavy atom. The van der Waals surface area contributed by atoms with Crippen molar-refractivity contribution >= 4 is 17.3 Å². The molecule has 0 aromatic heterocycles. The molecule has 1 amide bonds. The van der Waals surface area contributed by atoms with Crippen LogP contribution in [-0.4, -0.2) is 23.9 Å². The molecule has 0 aliphatic carbocycles. The van der Waals surface area contributed by atoms with Gasteiger partial charge in [0.25, 0.3) is 5.69 Å². The highest BCUT2D eigenvalue weighted by molar-refractivity contribution is 5.91. The maximum absolute atomic E-state index is 11.2. The van der Waals surface area contributed by atoms with Crippen LogP contribution < -0.4 is 10.6 Å². The number of piperidine rings is 1. The Kier molecular flexibility index (Phi) is 4.04. The third-order valence-electron chi connectivity index (χ3n) is 3.91. The second-order valence-electron chi connectivity index (χ2n) is 5.48. The molecule has 108 valence electrons. The maximum atomic E-state index is 11.2. The lowest BCUT2D eigenvalue weighted by Gasteiger charge is -2.34. The van der Waals surface area contributed by atoms with Crippen molar-refractivity contribution in [3.05, 3.63) is 33.9 Å². The molecular formula is C14H19N3O3. The monoisotopic (exact) mass is 277 g/mol. The first-order valence-electron chi connectivity index (χ1n) is 6.70. The normalized spacial score (nSPS) is 17.5. The number of anilines is 1. The molecule has 0 bridgehead atoms. The zero-order valence-corrected chi connectivity index (χ0v) is 11.7.